The van der Waals surface area contributed by atoms with E-state index < -0.39 is 0 Å². The summed E-state index contributed by atoms with van der Waals surface area (Å²) in [6, 6.07) is 5.16. The van der Waals surface area contributed by atoms with E-state index in [1.54, 1.807) is 25.3 Å². The van der Waals surface area contributed by atoms with Gasteiger partial charge >= 0.3 is 0 Å². The summed E-state index contributed by atoms with van der Waals surface area (Å²) in [4.78, 5) is 2.06. The molecule has 0 spiro atoms. The van der Waals surface area contributed by atoms with Crippen LogP contribution in [0.5, 0.6) is 5.75 Å². The van der Waals surface area contributed by atoms with Crippen LogP contribution in [0.15, 0.2) is 18.2 Å². The Bertz CT molecular complexity index is 361. The van der Waals surface area contributed by atoms with Crippen LogP contribution in [0.4, 0.5) is 4.39 Å². The third-order valence-corrected chi connectivity index (χ3v) is 2.71. The van der Waals surface area contributed by atoms with Gasteiger partial charge in [0.15, 0.2) is 11.6 Å². The zero-order valence-electron chi connectivity index (χ0n) is 11.0. The van der Waals surface area contributed by atoms with Crippen LogP contribution in [0, 0.1) is 5.82 Å². The van der Waals surface area contributed by atoms with Crippen molar-refractivity contribution in [3.63, 3.8) is 0 Å². The second kappa shape index (κ2) is 8.02. The first-order valence-corrected chi connectivity index (χ1v) is 5.95. The summed E-state index contributed by atoms with van der Waals surface area (Å²) in [6.45, 7) is 3.08. The number of hydrogen-bond acceptors (Lipinski definition) is 4. The van der Waals surface area contributed by atoms with Gasteiger partial charge in [0, 0.05) is 38.9 Å². The minimum Gasteiger partial charge on any atom is -0.494 e. The predicted octanol–water partition coefficient (Wildman–Crippen LogP) is 1.24. The fourth-order valence-electron chi connectivity index (χ4n) is 1.75. The fourth-order valence-corrected chi connectivity index (χ4v) is 1.75. The molecule has 0 saturated carbocycles. The molecule has 0 aliphatic rings. The Hall–Kier alpha value is -1.17. The van der Waals surface area contributed by atoms with Crippen molar-refractivity contribution in [2.75, 3.05) is 40.5 Å². The third kappa shape index (κ3) is 4.25. The van der Waals surface area contributed by atoms with Crippen LogP contribution in [0.3, 0.4) is 0 Å². The van der Waals surface area contributed by atoms with E-state index >= 15 is 0 Å². The van der Waals surface area contributed by atoms with Gasteiger partial charge in [0.1, 0.15) is 0 Å². The molecule has 0 amide bonds. The van der Waals surface area contributed by atoms with E-state index in [1.807, 2.05) is 0 Å². The van der Waals surface area contributed by atoms with Gasteiger partial charge in [-0.15, -0.1) is 0 Å². The largest absolute Gasteiger partial charge is 0.494 e. The lowest BCUT2D eigenvalue weighted by Gasteiger charge is -2.21. The average molecular weight is 256 g/mol. The normalized spacial score (nSPS) is 10.9. The minimum absolute atomic E-state index is 0.270. The van der Waals surface area contributed by atoms with Gasteiger partial charge in [-0.2, -0.15) is 0 Å². The van der Waals surface area contributed by atoms with Gasteiger partial charge in [-0.3, -0.25) is 4.90 Å². The van der Waals surface area contributed by atoms with Crippen molar-refractivity contribution in [3.05, 3.63) is 29.6 Å². The summed E-state index contributed by atoms with van der Waals surface area (Å²) in [6.07, 6.45) is 0. The number of nitrogens with two attached hydrogens (primary N) is 1. The summed E-state index contributed by atoms with van der Waals surface area (Å²) in [5, 5.41) is 0. The molecule has 4 nitrogen and oxygen atoms in total. The molecule has 0 heterocycles. The van der Waals surface area contributed by atoms with Gasteiger partial charge in [0.2, 0.25) is 0 Å². The first-order valence-electron chi connectivity index (χ1n) is 5.95. The van der Waals surface area contributed by atoms with Crippen LogP contribution in [-0.2, 0) is 11.3 Å². The molecule has 1 aromatic rings. The average Bonchev–Trinajstić information content (AvgIpc) is 2.38. The summed E-state index contributed by atoms with van der Waals surface area (Å²) in [7, 11) is 3.11. The summed E-state index contributed by atoms with van der Waals surface area (Å²) < 4.78 is 24.0. The first-order chi connectivity index (χ1) is 8.72. The van der Waals surface area contributed by atoms with E-state index in [4.69, 9.17) is 15.2 Å². The molecule has 0 radical (unpaired) electrons. The Labute approximate surface area is 107 Å². The smallest absolute Gasteiger partial charge is 0.169 e. The number of ether oxygens (including phenoxy) is 2. The van der Waals surface area contributed by atoms with Crippen molar-refractivity contribution in [2.24, 2.45) is 5.73 Å². The van der Waals surface area contributed by atoms with E-state index in [2.05, 4.69) is 4.90 Å². The maximum Gasteiger partial charge on any atom is 0.169 e. The third-order valence-electron chi connectivity index (χ3n) is 2.71. The zero-order chi connectivity index (χ0) is 13.4. The molecule has 0 unspecified atom stereocenters. The van der Waals surface area contributed by atoms with E-state index in [0.717, 1.165) is 6.54 Å². The molecule has 0 fully saturated rings. The van der Waals surface area contributed by atoms with Crippen molar-refractivity contribution >= 4 is 0 Å². The molecule has 18 heavy (non-hydrogen) atoms. The van der Waals surface area contributed by atoms with Crippen molar-refractivity contribution in [3.8, 4) is 5.75 Å². The quantitative estimate of drug-likeness (QED) is 0.760. The van der Waals surface area contributed by atoms with Crippen LogP contribution in [0.1, 0.15) is 5.56 Å². The highest BCUT2D eigenvalue weighted by molar-refractivity contribution is 5.30. The van der Waals surface area contributed by atoms with Gasteiger partial charge < -0.3 is 15.2 Å². The molecule has 1 aromatic carbocycles. The summed E-state index contributed by atoms with van der Waals surface area (Å²) in [5.74, 6) is -0.0358. The Kier molecular flexibility index (Phi) is 6.64. The number of benzene rings is 1. The lowest BCUT2D eigenvalue weighted by molar-refractivity contribution is 0.145. The van der Waals surface area contributed by atoms with Crippen LogP contribution < -0.4 is 10.5 Å². The molecule has 0 atom stereocenters. The number of hydrogen-bond donors (Lipinski definition) is 1. The van der Waals surface area contributed by atoms with Crippen LogP contribution >= 0.6 is 0 Å². The van der Waals surface area contributed by atoms with Gasteiger partial charge in [-0.1, -0.05) is 12.1 Å². The van der Waals surface area contributed by atoms with E-state index in [-0.39, 0.29) is 11.6 Å². The highest BCUT2D eigenvalue weighted by atomic mass is 19.1. The molecular formula is C13H21FN2O2. The van der Waals surface area contributed by atoms with Crippen molar-refractivity contribution < 1.29 is 13.9 Å². The molecule has 5 heteroatoms. The minimum atomic E-state index is -0.306. The summed E-state index contributed by atoms with van der Waals surface area (Å²) >= 11 is 0. The van der Waals surface area contributed by atoms with E-state index in [1.165, 1.54) is 7.11 Å². The van der Waals surface area contributed by atoms with E-state index in [9.17, 15) is 4.39 Å². The lowest BCUT2D eigenvalue weighted by atomic mass is 10.2. The Morgan fingerprint density at radius 2 is 2.06 bits per heavy atom. The zero-order valence-corrected chi connectivity index (χ0v) is 11.0. The fraction of sp³-hybridized carbons (Fsp3) is 0.538. The second-order valence-corrected chi connectivity index (χ2v) is 3.99. The SMILES string of the molecule is COCCN(CCN)Cc1cccc(OC)c1F. The highest BCUT2D eigenvalue weighted by Crippen LogP contribution is 2.21. The highest BCUT2D eigenvalue weighted by Gasteiger charge is 2.12. The molecule has 1 rings (SSSR count). The van der Waals surface area contributed by atoms with Crippen LogP contribution in [0.2, 0.25) is 0 Å². The summed E-state index contributed by atoms with van der Waals surface area (Å²) in [5.41, 5.74) is 6.16. The number of rotatable bonds is 8. The van der Waals surface area contributed by atoms with Crippen molar-refractivity contribution in [2.45, 2.75) is 6.54 Å². The molecule has 0 aromatic heterocycles. The molecule has 0 aliphatic heterocycles. The maximum atomic E-state index is 14.0. The Morgan fingerprint density at radius 1 is 1.28 bits per heavy atom. The lowest BCUT2D eigenvalue weighted by Crippen LogP contribution is -2.32. The second-order valence-electron chi connectivity index (χ2n) is 3.99. The molecular weight excluding hydrogens is 235 g/mol. The Balaban J connectivity index is 2.73. The topological polar surface area (TPSA) is 47.7 Å². The number of methoxy groups -OCH3 is 2. The van der Waals surface area contributed by atoms with Crippen molar-refractivity contribution in [1.29, 1.82) is 0 Å². The monoisotopic (exact) mass is 256 g/mol. The standard InChI is InChI=1S/C13H21FN2O2/c1-17-9-8-16(7-6-15)10-11-4-3-5-12(18-2)13(11)14/h3-5H,6-10,15H2,1-2H3. The van der Waals surface area contributed by atoms with Crippen molar-refractivity contribution in [1.82, 2.24) is 4.90 Å². The maximum absolute atomic E-state index is 14.0. The number of nitrogens with zero attached hydrogens (tertiary/aromatic N) is 1. The first kappa shape index (κ1) is 14.9. The molecule has 102 valence electrons. The molecule has 0 bridgehead atoms. The molecule has 2 N–H and O–H groups in total. The molecule has 0 saturated heterocycles. The number of halogens is 1. The van der Waals surface area contributed by atoms with Gasteiger partial charge in [-0.05, 0) is 6.07 Å². The van der Waals surface area contributed by atoms with Gasteiger partial charge in [0.05, 0.1) is 13.7 Å². The predicted molar refractivity (Wildman–Crippen MR) is 69.2 cm³/mol. The van der Waals surface area contributed by atoms with Crippen LogP contribution in [-0.4, -0.2) is 45.4 Å². The van der Waals surface area contributed by atoms with Crippen LogP contribution in [0.25, 0.3) is 0 Å². The molecule has 0 aliphatic carbocycles. The Morgan fingerprint density at radius 3 is 2.67 bits per heavy atom. The van der Waals surface area contributed by atoms with Gasteiger partial charge in [-0.25, -0.2) is 4.39 Å². The van der Waals surface area contributed by atoms with E-state index in [0.29, 0.717) is 31.8 Å². The van der Waals surface area contributed by atoms with Gasteiger partial charge in [0.25, 0.3) is 0 Å².